The summed E-state index contributed by atoms with van der Waals surface area (Å²) in [4.78, 5) is 22.9. The number of likely N-dealkylation sites (tertiary alicyclic amines) is 1. The van der Waals surface area contributed by atoms with E-state index in [1.54, 1.807) is 7.11 Å². The van der Waals surface area contributed by atoms with Gasteiger partial charge in [-0.1, -0.05) is 23.7 Å². The Morgan fingerprint density at radius 1 is 1.11 bits per heavy atom. The minimum atomic E-state index is -0.477. The number of aliphatic imine (C=N–C) groups is 1. The maximum atomic E-state index is 13.5. The summed E-state index contributed by atoms with van der Waals surface area (Å²) in [5.41, 5.74) is 3.48. The molecule has 2 aromatic carbocycles. The van der Waals surface area contributed by atoms with Crippen LogP contribution in [0, 0.1) is 6.92 Å². The van der Waals surface area contributed by atoms with E-state index in [-0.39, 0.29) is 12.3 Å². The summed E-state index contributed by atoms with van der Waals surface area (Å²) in [7, 11) is 5.85. The lowest BCUT2D eigenvalue weighted by molar-refractivity contribution is -0.133. The van der Waals surface area contributed by atoms with Gasteiger partial charge in [-0.15, -0.1) is 10.2 Å². The zero-order chi connectivity index (χ0) is 25.4. The molecule has 2 aliphatic heterocycles. The monoisotopic (exact) mass is 506 g/mol. The Balaban J connectivity index is 1.56. The smallest absolute Gasteiger partial charge is 0.225 e. The molecule has 0 bridgehead atoms. The Morgan fingerprint density at radius 3 is 2.50 bits per heavy atom. The van der Waals surface area contributed by atoms with E-state index in [0.29, 0.717) is 16.9 Å². The molecule has 36 heavy (non-hydrogen) atoms. The molecule has 1 fully saturated rings. The lowest BCUT2D eigenvalue weighted by atomic mass is 10.00. The molecule has 1 atom stereocenters. The Labute approximate surface area is 216 Å². The van der Waals surface area contributed by atoms with E-state index in [0.717, 1.165) is 60.0 Å². The molecular formula is C27H31ClN6O2. The summed E-state index contributed by atoms with van der Waals surface area (Å²) in [6.07, 6.45) is 2.18. The molecule has 0 spiro atoms. The van der Waals surface area contributed by atoms with Gasteiger partial charge in [0, 0.05) is 35.3 Å². The van der Waals surface area contributed by atoms with Crippen molar-refractivity contribution in [3.05, 3.63) is 70.3 Å². The van der Waals surface area contributed by atoms with Crippen molar-refractivity contribution in [1.29, 1.82) is 0 Å². The summed E-state index contributed by atoms with van der Waals surface area (Å²) >= 11 is 6.18. The number of carbonyl (C=O) groups is 1. The predicted octanol–water partition coefficient (Wildman–Crippen LogP) is 4.07. The number of aromatic nitrogens is 3. The number of ether oxygens (including phenoxy) is 1. The Kier molecular flexibility index (Phi) is 6.81. The summed E-state index contributed by atoms with van der Waals surface area (Å²) in [6, 6.07) is 13.5. The van der Waals surface area contributed by atoms with Crippen LogP contribution in [0.4, 0.5) is 0 Å². The number of carbonyl (C=O) groups excluding carboxylic acids is 1. The molecule has 2 aliphatic rings. The van der Waals surface area contributed by atoms with Crippen molar-refractivity contribution in [2.24, 2.45) is 4.99 Å². The van der Waals surface area contributed by atoms with E-state index >= 15 is 0 Å². The summed E-state index contributed by atoms with van der Waals surface area (Å²) < 4.78 is 7.55. The van der Waals surface area contributed by atoms with Gasteiger partial charge in [0.1, 0.15) is 17.6 Å². The molecule has 8 nitrogen and oxygen atoms in total. The second-order valence-electron chi connectivity index (χ2n) is 9.60. The van der Waals surface area contributed by atoms with Gasteiger partial charge in [-0.25, -0.2) is 0 Å². The highest BCUT2D eigenvalue weighted by Gasteiger charge is 2.32. The molecule has 188 valence electrons. The Hall–Kier alpha value is -3.23. The van der Waals surface area contributed by atoms with E-state index in [2.05, 4.69) is 29.2 Å². The normalized spacial score (nSPS) is 17.9. The zero-order valence-electron chi connectivity index (χ0n) is 21.1. The summed E-state index contributed by atoms with van der Waals surface area (Å²) in [6.45, 7) is 3.43. The third kappa shape index (κ3) is 4.63. The van der Waals surface area contributed by atoms with Crippen molar-refractivity contribution >= 4 is 23.2 Å². The highest BCUT2D eigenvalue weighted by molar-refractivity contribution is 6.30. The average molecular weight is 507 g/mol. The van der Waals surface area contributed by atoms with Gasteiger partial charge in [0.05, 0.1) is 24.9 Å². The largest absolute Gasteiger partial charge is 0.497 e. The number of hydrogen-bond donors (Lipinski definition) is 0. The third-order valence-electron chi connectivity index (χ3n) is 7.17. The highest BCUT2D eigenvalue weighted by Crippen LogP contribution is 2.35. The maximum Gasteiger partial charge on any atom is 0.225 e. The van der Waals surface area contributed by atoms with Crippen LogP contribution in [0.15, 0.2) is 47.5 Å². The van der Waals surface area contributed by atoms with Gasteiger partial charge in [0.25, 0.3) is 0 Å². The van der Waals surface area contributed by atoms with Crippen LogP contribution in [0.3, 0.4) is 0 Å². The van der Waals surface area contributed by atoms with Crippen molar-refractivity contribution in [3.63, 3.8) is 0 Å². The molecular weight excluding hydrogens is 476 g/mol. The molecule has 3 aromatic rings. The topological polar surface area (TPSA) is 75.8 Å². The zero-order valence-corrected chi connectivity index (χ0v) is 21.9. The molecule has 5 rings (SSSR count). The molecule has 0 unspecified atom stereocenters. The number of fused-ring (bicyclic) bond motifs is 3. The van der Waals surface area contributed by atoms with Crippen LogP contribution in [0.1, 0.15) is 48.1 Å². The van der Waals surface area contributed by atoms with Gasteiger partial charge >= 0.3 is 0 Å². The number of piperidine rings is 1. The van der Waals surface area contributed by atoms with Crippen LogP contribution in [-0.2, 0) is 4.79 Å². The Bertz CT molecular complexity index is 1290. The average Bonchev–Trinajstić information content (AvgIpc) is 3.21. The van der Waals surface area contributed by atoms with Crippen molar-refractivity contribution in [2.45, 2.75) is 38.3 Å². The number of amides is 1. The summed E-state index contributed by atoms with van der Waals surface area (Å²) in [5, 5.41) is 9.50. The lowest BCUT2D eigenvalue weighted by Gasteiger charge is -2.35. The van der Waals surface area contributed by atoms with Crippen LogP contribution in [-0.4, -0.2) is 76.5 Å². The molecule has 1 aromatic heterocycles. The quantitative estimate of drug-likeness (QED) is 0.521. The van der Waals surface area contributed by atoms with Gasteiger partial charge < -0.3 is 14.5 Å². The number of nitrogens with zero attached hydrogens (tertiary/aromatic N) is 6. The van der Waals surface area contributed by atoms with E-state index in [1.807, 2.05) is 58.9 Å². The van der Waals surface area contributed by atoms with Crippen molar-refractivity contribution in [3.8, 4) is 11.4 Å². The van der Waals surface area contributed by atoms with Gasteiger partial charge in [-0.3, -0.25) is 14.4 Å². The number of benzene rings is 2. The van der Waals surface area contributed by atoms with Crippen LogP contribution in [0.5, 0.6) is 5.75 Å². The highest BCUT2D eigenvalue weighted by atomic mass is 35.5. The number of rotatable bonds is 5. The second kappa shape index (κ2) is 10.0. The predicted molar refractivity (Wildman–Crippen MR) is 140 cm³/mol. The minimum absolute atomic E-state index is 0.0900. The molecule has 0 saturated carbocycles. The SMILES string of the molecule is COc1ccc2c(c1)C(c1ccc(Cl)cc1)=N[C@@H](CC(=O)N1CCC(N(C)C)CC1)c1nnc(C)n1-2. The fraction of sp³-hybridized carbons (Fsp3) is 0.407. The van der Waals surface area contributed by atoms with Crippen molar-refractivity contribution < 1.29 is 9.53 Å². The van der Waals surface area contributed by atoms with Gasteiger partial charge in [0.2, 0.25) is 5.91 Å². The number of methoxy groups -OCH3 is 1. The fourth-order valence-corrected chi connectivity index (χ4v) is 5.23. The third-order valence-corrected chi connectivity index (χ3v) is 7.42. The van der Waals surface area contributed by atoms with Gasteiger partial charge in [-0.05, 0) is 64.2 Å². The van der Waals surface area contributed by atoms with E-state index < -0.39 is 6.04 Å². The molecule has 0 radical (unpaired) electrons. The molecule has 0 aliphatic carbocycles. The standard InChI is InChI=1S/C27H31ClN6O2/c1-17-30-31-27-23(16-25(35)33-13-11-20(12-14-33)32(2)3)29-26(18-5-7-19(28)8-6-18)22-15-21(36-4)9-10-24(22)34(17)27/h5-10,15,20,23H,11-14,16H2,1-4H3/t23-/m0/s1. The Morgan fingerprint density at radius 2 is 1.83 bits per heavy atom. The molecule has 1 saturated heterocycles. The molecule has 3 heterocycles. The van der Waals surface area contributed by atoms with Gasteiger partial charge in [-0.2, -0.15) is 0 Å². The van der Waals surface area contributed by atoms with E-state index in [4.69, 9.17) is 21.3 Å². The maximum absolute atomic E-state index is 13.5. The van der Waals surface area contributed by atoms with E-state index in [9.17, 15) is 4.79 Å². The van der Waals surface area contributed by atoms with Crippen LogP contribution < -0.4 is 4.74 Å². The van der Waals surface area contributed by atoms with E-state index in [1.165, 1.54) is 0 Å². The molecule has 9 heteroatoms. The second-order valence-corrected chi connectivity index (χ2v) is 10.0. The fourth-order valence-electron chi connectivity index (χ4n) is 5.10. The molecule has 0 N–H and O–H groups in total. The first-order valence-electron chi connectivity index (χ1n) is 12.2. The lowest BCUT2D eigenvalue weighted by Crippen LogP contribution is -2.44. The number of halogens is 1. The minimum Gasteiger partial charge on any atom is -0.497 e. The van der Waals surface area contributed by atoms with Crippen LogP contribution >= 0.6 is 11.6 Å². The van der Waals surface area contributed by atoms with Crippen LogP contribution in [0.2, 0.25) is 5.02 Å². The first-order valence-corrected chi connectivity index (χ1v) is 12.6. The van der Waals surface area contributed by atoms with Crippen molar-refractivity contribution in [2.75, 3.05) is 34.3 Å². The molecule has 1 amide bonds. The summed E-state index contributed by atoms with van der Waals surface area (Å²) in [5.74, 6) is 2.22. The number of aryl methyl sites for hydroxylation is 1. The number of hydrogen-bond acceptors (Lipinski definition) is 6. The first kappa shape index (κ1) is 24.5. The first-order chi connectivity index (χ1) is 17.4. The van der Waals surface area contributed by atoms with Gasteiger partial charge in [0.15, 0.2) is 5.82 Å². The van der Waals surface area contributed by atoms with Crippen molar-refractivity contribution in [1.82, 2.24) is 24.6 Å². The van der Waals surface area contributed by atoms with Crippen LogP contribution in [0.25, 0.3) is 5.69 Å².